The SMILES string of the molecule is CCC[C@@H](N)c1ccc2occc2c1. The van der Waals surface area contributed by atoms with Crippen molar-refractivity contribution in [2.24, 2.45) is 5.73 Å². The van der Waals surface area contributed by atoms with Crippen molar-refractivity contribution in [3.63, 3.8) is 0 Å². The van der Waals surface area contributed by atoms with Crippen molar-refractivity contribution in [2.45, 2.75) is 25.8 Å². The third-order valence-electron chi connectivity index (χ3n) is 2.50. The molecule has 74 valence electrons. The number of furan rings is 1. The second kappa shape index (κ2) is 3.84. The van der Waals surface area contributed by atoms with Crippen molar-refractivity contribution in [1.29, 1.82) is 0 Å². The van der Waals surface area contributed by atoms with E-state index in [0.29, 0.717) is 0 Å². The molecule has 1 aromatic heterocycles. The molecule has 0 radical (unpaired) electrons. The number of nitrogens with two attached hydrogens (primary N) is 1. The Morgan fingerprint density at radius 3 is 3.00 bits per heavy atom. The Balaban J connectivity index is 2.33. The quantitative estimate of drug-likeness (QED) is 0.805. The summed E-state index contributed by atoms with van der Waals surface area (Å²) in [6.07, 6.45) is 3.85. The molecule has 2 aromatic rings. The van der Waals surface area contributed by atoms with Crippen molar-refractivity contribution in [1.82, 2.24) is 0 Å². The van der Waals surface area contributed by atoms with Gasteiger partial charge in [-0.05, 0) is 30.2 Å². The largest absolute Gasteiger partial charge is 0.464 e. The van der Waals surface area contributed by atoms with Crippen LogP contribution in [0.25, 0.3) is 11.0 Å². The molecule has 2 rings (SSSR count). The maximum Gasteiger partial charge on any atom is 0.133 e. The van der Waals surface area contributed by atoms with E-state index in [4.69, 9.17) is 10.2 Å². The third-order valence-corrected chi connectivity index (χ3v) is 2.50. The second-order valence-electron chi connectivity index (χ2n) is 3.61. The van der Waals surface area contributed by atoms with Gasteiger partial charge in [-0.15, -0.1) is 0 Å². The fourth-order valence-corrected chi connectivity index (χ4v) is 1.69. The van der Waals surface area contributed by atoms with Crippen LogP contribution in [0.3, 0.4) is 0 Å². The molecule has 0 spiro atoms. The van der Waals surface area contributed by atoms with Gasteiger partial charge in [-0.2, -0.15) is 0 Å². The van der Waals surface area contributed by atoms with Crippen LogP contribution in [0.5, 0.6) is 0 Å². The number of benzene rings is 1. The van der Waals surface area contributed by atoms with Gasteiger partial charge in [0.2, 0.25) is 0 Å². The van der Waals surface area contributed by atoms with Crippen molar-refractivity contribution in [2.75, 3.05) is 0 Å². The van der Waals surface area contributed by atoms with Crippen LogP contribution in [0.15, 0.2) is 34.9 Å². The maximum absolute atomic E-state index is 6.03. The second-order valence-corrected chi connectivity index (χ2v) is 3.61. The molecule has 2 N–H and O–H groups in total. The van der Waals surface area contributed by atoms with Crippen LogP contribution < -0.4 is 5.73 Å². The van der Waals surface area contributed by atoms with Crippen LogP contribution in [0.2, 0.25) is 0 Å². The monoisotopic (exact) mass is 189 g/mol. The molecule has 0 amide bonds. The molecule has 1 aromatic carbocycles. The van der Waals surface area contributed by atoms with Gasteiger partial charge in [0.1, 0.15) is 5.58 Å². The first-order valence-electron chi connectivity index (χ1n) is 5.04. The summed E-state index contributed by atoms with van der Waals surface area (Å²) in [5.41, 5.74) is 8.16. The highest BCUT2D eigenvalue weighted by Crippen LogP contribution is 2.22. The average molecular weight is 189 g/mol. The Bertz CT molecular complexity index is 419. The van der Waals surface area contributed by atoms with E-state index in [1.165, 1.54) is 5.56 Å². The Labute approximate surface area is 83.7 Å². The molecular formula is C12H15NO. The first-order valence-corrected chi connectivity index (χ1v) is 5.04. The summed E-state index contributed by atoms with van der Waals surface area (Å²) in [6.45, 7) is 2.15. The van der Waals surface area contributed by atoms with Crippen molar-refractivity contribution in [3.8, 4) is 0 Å². The molecule has 0 saturated carbocycles. The lowest BCUT2D eigenvalue weighted by Crippen LogP contribution is -2.09. The highest BCUT2D eigenvalue weighted by Gasteiger charge is 2.05. The Morgan fingerprint density at radius 1 is 1.36 bits per heavy atom. The lowest BCUT2D eigenvalue weighted by molar-refractivity contribution is 0.614. The number of rotatable bonds is 3. The zero-order valence-corrected chi connectivity index (χ0v) is 8.36. The van der Waals surface area contributed by atoms with Crippen molar-refractivity contribution >= 4 is 11.0 Å². The van der Waals surface area contributed by atoms with Gasteiger partial charge >= 0.3 is 0 Å². The van der Waals surface area contributed by atoms with E-state index in [0.717, 1.165) is 23.8 Å². The summed E-state index contributed by atoms with van der Waals surface area (Å²) in [4.78, 5) is 0. The van der Waals surface area contributed by atoms with Gasteiger partial charge in [0.25, 0.3) is 0 Å². The van der Waals surface area contributed by atoms with Crippen LogP contribution in [-0.4, -0.2) is 0 Å². The summed E-state index contributed by atoms with van der Waals surface area (Å²) in [5.74, 6) is 0. The predicted molar refractivity (Wildman–Crippen MR) is 58.1 cm³/mol. The predicted octanol–water partition coefficient (Wildman–Crippen LogP) is 3.23. The van der Waals surface area contributed by atoms with Gasteiger partial charge in [-0.1, -0.05) is 19.4 Å². The molecule has 0 bridgehead atoms. The van der Waals surface area contributed by atoms with Gasteiger partial charge in [0.05, 0.1) is 6.26 Å². The van der Waals surface area contributed by atoms with Gasteiger partial charge in [0.15, 0.2) is 0 Å². The lowest BCUT2D eigenvalue weighted by Gasteiger charge is -2.09. The van der Waals surface area contributed by atoms with Crippen molar-refractivity contribution < 1.29 is 4.42 Å². The minimum absolute atomic E-state index is 0.152. The summed E-state index contributed by atoms with van der Waals surface area (Å²) in [6, 6.07) is 8.27. The first-order chi connectivity index (χ1) is 6.81. The Kier molecular flexibility index (Phi) is 2.55. The van der Waals surface area contributed by atoms with E-state index in [1.54, 1.807) is 6.26 Å². The van der Waals surface area contributed by atoms with Crippen LogP contribution in [0.4, 0.5) is 0 Å². The number of fused-ring (bicyclic) bond motifs is 1. The number of hydrogen-bond acceptors (Lipinski definition) is 2. The fourth-order valence-electron chi connectivity index (χ4n) is 1.69. The molecule has 0 aliphatic heterocycles. The van der Waals surface area contributed by atoms with Crippen LogP contribution in [-0.2, 0) is 0 Å². The van der Waals surface area contributed by atoms with Gasteiger partial charge in [0, 0.05) is 11.4 Å². The van der Waals surface area contributed by atoms with E-state index in [1.807, 2.05) is 18.2 Å². The molecule has 0 fully saturated rings. The first kappa shape index (κ1) is 9.28. The smallest absolute Gasteiger partial charge is 0.133 e. The van der Waals surface area contributed by atoms with Gasteiger partial charge < -0.3 is 10.2 Å². The van der Waals surface area contributed by atoms with E-state index in [-0.39, 0.29) is 6.04 Å². The standard InChI is InChI=1S/C12H15NO/c1-2-3-11(13)9-4-5-12-10(8-9)6-7-14-12/h4-8,11H,2-3,13H2,1H3/t11-/m1/s1. The van der Waals surface area contributed by atoms with Gasteiger partial charge in [-0.3, -0.25) is 0 Å². The van der Waals surface area contributed by atoms with E-state index in [2.05, 4.69) is 13.0 Å². The van der Waals surface area contributed by atoms with Crippen LogP contribution >= 0.6 is 0 Å². The Morgan fingerprint density at radius 2 is 2.21 bits per heavy atom. The molecule has 0 aliphatic carbocycles. The maximum atomic E-state index is 6.03. The fraction of sp³-hybridized carbons (Fsp3) is 0.333. The zero-order chi connectivity index (χ0) is 9.97. The van der Waals surface area contributed by atoms with Crippen LogP contribution in [0.1, 0.15) is 31.4 Å². The normalized spacial score (nSPS) is 13.3. The molecule has 2 heteroatoms. The highest BCUT2D eigenvalue weighted by molar-refractivity contribution is 5.77. The lowest BCUT2D eigenvalue weighted by atomic mass is 10.0. The molecule has 14 heavy (non-hydrogen) atoms. The van der Waals surface area contributed by atoms with E-state index in [9.17, 15) is 0 Å². The minimum atomic E-state index is 0.152. The van der Waals surface area contributed by atoms with Crippen molar-refractivity contribution in [3.05, 3.63) is 36.1 Å². The van der Waals surface area contributed by atoms with E-state index >= 15 is 0 Å². The summed E-state index contributed by atoms with van der Waals surface area (Å²) < 4.78 is 5.27. The molecule has 0 saturated heterocycles. The molecule has 1 heterocycles. The molecule has 1 atom stereocenters. The average Bonchev–Trinajstić information content (AvgIpc) is 2.64. The number of hydrogen-bond donors (Lipinski definition) is 1. The van der Waals surface area contributed by atoms with E-state index < -0.39 is 0 Å². The topological polar surface area (TPSA) is 39.2 Å². The summed E-state index contributed by atoms with van der Waals surface area (Å²) in [5, 5.41) is 1.13. The summed E-state index contributed by atoms with van der Waals surface area (Å²) in [7, 11) is 0. The summed E-state index contributed by atoms with van der Waals surface area (Å²) >= 11 is 0. The molecule has 0 unspecified atom stereocenters. The molecule has 0 aliphatic rings. The molecular weight excluding hydrogens is 174 g/mol. The highest BCUT2D eigenvalue weighted by atomic mass is 16.3. The Hall–Kier alpha value is -1.28. The minimum Gasteiger partial charge on any atom is -0.464 e. The van der Waals surface area contributed by atoms with Gasteiger partial charge in [-0.25, -0.2) is 0 Å². The third kappa shape index (κ3) is 1.66. The molecule has 2 nitrogen and oxygen atoms in total. The zero-order valence-electron chi connectivity index (χ0n) is 8.36. The van der Waals surface area contributed by atoms with Crippen LogP contribution in [0, 0.1) is 0 Å².